The summed E-state index contributed by atoms with van der Waals surface area (Å²) >= 11 is 0. The second-order valence-electron chi connectivity index (χ2n) is 5.82. The Bertz CT molecular complexity index is 464. The summed E-state index contributed by atoms with van der Waals surface area (Å²) in [6, 6.07) is 6.80. The first kappa shape index (κ1) is 13.1. The summed E-state index contributed by atoms with van der Waals surface area (Å²) < 4.78 is 0. The highest BCUT2D eigenvalue weighted by Crippen LogP contribution is 2.37. The van der Waals surface area contributed by atoms with Crippen LogP contribution < -0.4 is 10.6 Å². The molecule has 0 aliphatic carbocycles. The fourth-order valence-corrected chi connectivity index (χ4v) is 2.28. The first-order chi connectivity index (χ1) is 8.41. The monoisotopic (exact) mass is 246 g/mol. The average molecular weight is 246 g/mol. The molecule has 0 bridgehead atoms. The van der Waals surface area contributed by atoms with Gasteiger partial charge in [-0.05, 0) is 44.0 Å². The Kier molecular flexibility index (Phi) is 3.44. The number of hydrogen-bond donors (Lipinski definition) is 2. The molecule has 0 fully saturated rings. The molecular weight excluding hydrogens is 224 g/mol. The van der Waals surface area contributed by atoms with E-state index in [1.807, 2.05) is 19.9 Å². The third-order valence-electron chi connectivity index (χ3n) is 3.54. The predicted octanol–water partition coefficient (Wildman–Crippen LogP) is 2.46. The molecule has 3 nitrogen and oxygen atoms in total. The van der Waals surface area contributed by atoms with Gasteiger partial charge in [0, 0.05) is 11.7 Å². The van der Waals surface area contributed by atoms with Crippen molar-refractivity contribution in [1.29, 1.82) is 0 Å². The highest BCUT2D eigenvalue weighted by molar-refractivity contribution is 6.05. The highest BCUT2D eigenvalue weighted by Gasteiger charge is 2.38. The summed E-state index contributed by atoms with van der Waals surface area (Å²) in [5, 5.41) is 6.34. The van der Waals surface area contributed by atoms with Crippen LogP contribution in [0.4, 0.5) is 5.69 Å². The van der Waals surface area contributed by atoms with Crippen LogP contribution in [0.5, 0.6) is 0 Å². The maximum atomic E-state index is 11.8. The largest absolute Gasteiger partial charge is 0.325 e. The Morgan fingerprint density at radius 1 is 1.33 bits per heavy atom. The molecule has 3 heteroatoms. The third kappa shape index (κ3) is 2.41. The SMILES string of the molecule is CC(C)NCCc1ccc2c(c1)C(C)(C)C(=O)N2. The van der Waals surface area contributed by atoms with E-state index in [0.717, 1.165) is 24.2 Å². The van der Waals surface area contributed by atoms with Gasteiger partial charge in [0.1, 0.15) is 0 Å². The lowest BCUT2D eigenvalue weighted by Crippen LogP contribution is -2.27. The number of carbonyl (C=O) groups excluding carboxylic acids is 1. The van der Waals surface area contributed by atoms with Crippen molar-refractivity contribution in [3.8, 4) is 0 Å². The minimum Gasteiger partial charge on any atom is -0.325 e. The molecule has 2 rings (SSSR count). The summed E-state index contributed by atoms with van der Waals surface area (Å²) in [4.78, 5) is 11.8. The molecular formula is C15H22N2O. The van der Waals surface area contributed by atoms with Crippen molar-refractivity contribution in [2.45, 2.75) is 45.6 Å². The summed E-state index contributed by atoms with van der Waals surface area (Å²) in [5.74, 6) is 0.0926. The van der Waals surface area contributed by atoms with Crippen molar-refractivity contribution in [2.75, 3.05) is 11.9 Å². The molecule has 0 spiro atoms. The minimum absolute atomic E-state index is 0.0926. The molecule has 18 heavy (non-hydrogen) atoms. The van der Waals surface area contributed by atoms with Crippen LogP contribution in [0, 0.1) is 0 Å². The number of benzene rings is 1. The van der Waals surface area contributed by atoms with Gasteiger partial charge in [0.25, 0.3) is 0 Å². The van der Waals surface area contributed by atoms with Crippen molar-refractivity contribution in [3.05, 3.63) is 29.3 Å². The summed E-state index contributed by atoms with van der Waals surface area (Å²) in [6.45, 7) is 9.22. The Morgan fingerprint density at radius 2 is 2.06 bits per heavy atom. The number of rotatable bonds is 4. The Balaban J connectivity index is 2.13. The van der Waals surface area contributed by atoms with Crippen LogP contribution in [-0.2, 0) is 16.6 Å². The smallest absolute Gasteiger partial charge is 0.234 e. The topological polar surface area (TPSA) is 41.1 Å². The van der Waals surface area contributed by atoms with E-state index in [-0.39, 0.29) is 5.91 Å². The van der Waals surface area contributed by atoms with Gasteiger partial charge in [-0.25, -0.2) is 0 Å². The number of hydrogen-bond acceptors (Lipinski definition) is 2. The van der Waals surface area contributed by atoms with Gasteiger partial charge in [-0.2, -0.15) is 0 Å². The van der Waals surface area contributed by atoms with Gasteiger partial charge in [-0.3, -0.25) is 4.79 Å². The van der Waals surface area contributed by atoms with E-state index in [1.165, 1.54) is 5.56 Å². The van der Waals surface area contributed by atoms with E-state index in [0.29, 0.717) is 6.04 Å². The Morgan fingerprint density at radius 3 is 2.72 bits per heavy atom. The van der Waals surface area contributed by atoms with E-state index < -0.39 is 5.41 Å². The summed E-state index contributed by atoms with van der Waals surface area (Å²) in [6.07, 6.45) is 0.996. The number of amides is 1. The van der Waals surface area contributed by atoms with Crippen LogP contribution >= 0.6 is 0 Å². The summed E-state index contributed by atoms with van der Waals surface area (Å²) in [5.41, 5.74) is 2.96. The molecule has 1 amide bonds. The first-order valence-electron chi connectivity index (χ1n) is 6.59. The highest BCUT2D eigenvalue weighted by atomic mass is 16.2. The van der Waals surface area contributed by atoms with Crippen molar-refractivity contribution >= 4 is 11.6 Å². The van der Waals surface area contributed by atoms with Crippen LogP contribution in [0.25, 0.3) is 0 Å². The second kappa shape index (κ2) is 4.73. The molecule has 98 valence electrons. The van der Waals surface area contributed by atoms with Gasteiger partial charge < -0.3 is 10.6 Å². The van der Waals surface area contributed by atoms with E-state index in [1.54, 1.807) is 0 Å². The maximum absolute atomic E-state index is 11.8. The Hall–Kier alpha value is -1.35. The fraction of sp³-hybridized carbons (Fsp3) is 0.533. The lowest BCUT2D eigenvalue weighted by molar-refractivity contribution is -0.119. The number of carbonyl (C=O) groups is 1. The van der Waals surface area contributed by atoms with E-state index in [9.17, 15) is 4.79 Å². The molecule has 0 atom stereocenters. The van der Waals surface area contributed by atoms with Gasteiger partial charge >= 0.3 is 0 Å². The van der Waals surface area contributed by atoms with Gasteiger partial charge in [0.2, 0.25) is 5.91 Å². The normalized spacial score (nSPS) is 16.8. The third-order valence-corrected chi connectivity index (χ3v) is 3.54. The van der Waals surface area contributed by atoms with Gasteiger partial charge in [-0.15, -0.1) is 0 Å². The molecule has 1 aromatic carbocycles. The minimum atomic E-state index is -0.406. The van der Waals surface area contributed by atoms with Crippen molar-refractivity contribution < 1.29 is 4.79 Å². The van der Waals surface area contributed by atoms with E-state index in [4.69, 9.17) is 0 Å². The lowest BCUT2D eigenvalue weighted by atomic mass is 9.85. The Labute approximate surface area is 109 Å². The van der Waals surface area contributed by atoms with Gasteiger partial charge in [0.15, 0.2) is 0 Å². The molecule has 0 radical (unpaired) electrons. The molecule has 1 aromatic rings. The lowest BCUT2D eigenvalue weighted by Gasteiger charge is -2.16. The molecule has 0 unspecified atom stereocenters. The quantitative estimate of drug-likeness (QED) is 0.857. The summed E-state index contributed by atoms with van der Waals surface area (Å²) in [7, 11) is 0. The number of nitrogens with one attached hydrogen (secondary N) is 2. The van der Waals surface area contributed by atoms with Crippen LogP contribution in [0.3, 0.4) is 0 Å². The standard InChI is InChI=1S/C15H22N2O/c1-10(2)16-8-7-11-5-6-13-12(9-11)15(3,4)14(18)17-13/h5-6,9-10,16H,7-8H2,1-4H3,(H,17,18). The first-order valence-corrected chi connectivity index (χ1v) is 6.59. The molecule has 0 saturated carbocycles. The average Bonchev–Trinajstić information content (AvgIpc) is 2.51. The van der Waals surface area contributed by atoms with E-state index in [2.05, 4.69) is 36.6 Å². The van der Waals surface area contributed by atoms with Crippen LogP contribution in [0.15, 0.2) is 18.2 Å². The molecule has 2 N–H and O–H groups in total. The van der Waals surface area contributed by atoms with E-state index >= 15 is 0 Å². The van der Waals surface area contributed by atoms with Crippen LogP contribution in [-0.4, -0.2) is 18.5 Å². The number of fused-ring (bicyclic) bond motifs is 1. The molecule has 1 heterocycles. The van der Waals surface area contributed by atoms with Gasteiger partial charge in [0.05, 0.1) is 5.41 Å². The zero-order valence-electron chi connectivity index (χ0n) is 11.6. The van der Waals surface area contributed by atoms with Crippen molar-refractivity contribution in [1.82, 2.24) is 5.32 Å². The molecule has 1 aliphatic heterocycles. The van der Waals surface area contributed by atoms with Crippen LogP contribution in [0.1, 0.15) is 38.8 Å². The fourth-order valence-electron chi connectivity index (χ4n) is 2.28. The van der Waals surface area contributed by atoms with Crippen LogP contribution in [0.2, 0.25) is 0 Å². The molecule has 1 aliphatic rings. The second-order valence-corrected chi connectivity index (χ2v) is 5.82. The zero-order valence-corrected chi connectivity index (χ0v) is 11.6. The van der Waals surface area contributed by atoms with Gasteiger partial charge in [-0.1, -0.05) is 26.0 Å². The maximum Gasteiger partial charge on any atom is 0.234 e. The zero-order chi connectivity index (χ0) is 13.3. The molecule has 0 saturated heterocycles. The number of anilines is 1. The van der Waals surface area contributed by atoms with Crippen molar-refractivity contribution in [2.24, 2.45) is 0 Å². The van der Waals surface area contributed by atoms with Crippen molar-refractivity contribution in [3.63, 3.8) is 0 Å². The predicted molar refractivity (Wildman–Crippen MR) is 74.9 cm³/mol. The molecule has 0 aromatic heterocycles.